The Bertz CT molecular complexity index is 500. The van der Waals surface area contributed by atoms with Gasteiger partial charge in [0, 0.05) is 12.2 Å². The molecule has 0 spiro atoms. The van der Waals surface area contributed by atoms with Crippen LogP contribution in [0.2, 0.25) is 5.02 Å². The highest BCUT2D eigenvalue weighted by Crippen LogP contribution is 2.22. The molecule has 20 heavy (non-hydrogen) atoms. The number of rotatable bonds is 5. The van der Waals surface area contributed by atoms with Crippen molar-refractivity contribution >= 4 is 29.2 Å². The summed E-state index contributed by atoms with van der Waals surface area (Å²) in [4.78, 5) is 29.8. The second kappa shape index (κ2) is 6.22. The van der Waals surface area contributed by atoms with Gasteiger partial charge in [-0.3, -0.25) is 14.5 Å². The molecule has 0 saturated carbocycles. The molecular formula is C14H18ClN3O2. The Balaban J connectivity index is 2.09. The average molecular weight is 296 g/mol. The van der Waals surface area contributed by atoms with Crippen LogP contribution in [-0.2, 0) is 9.59 Å². The Hall–Kier alpha value is -1.62. The zero-order valence-corrected chi connectivity index (χ0v) is 12.4. The Kier molecular flexibility index (Phi) is 4.60. The first kappa shape index (κ1) is 14.8. The summed E-state index contributed by atoms with van der Waals surface area (Å²) < 4.78 is 0. The van der Waals surface area contributed by atoms with Crippen LogP contribution >= 0.6 is 11.6 Å². The second-order valence-electron chi connectivity index (χ2n) is 4.84. The van der Waals surface area contributed by atoms with Crippen molar-refractivity contribution in [3.63, 3.8) is 0 Å². The van der Waals surface area contributed by atoms with Gasteiger partial charge in [0.25, 0.3) is 5.91 Å². The second-order valence-corrected chi connectivity index (χ2v) is 5.27. The number of nitrogens with zero attached hydrogens (tertiary/aromatic N) is 2. The number of anilines is 1. The number of amides is 2. The fraction of sp³-hybridized carbons (Fsp3) is 0.500. The van der Waals surface area contributed by atoms with Crippen LogP contribution in [0.1, 0.15) is 33.1 Å². The molecule has 1 aliphatic heterocycles. The molecule has 1 fully saturated rings. The highest BCUT2D eigenvalue weighted by molar-refractivity contribution is 6.30. The van der Waals surface area contributed by atoms with Crippen molar-refractivity contribution in [2.24, 2.45) is 0 Å². The molecule has 0 radical (unpaired) electrons. The topological polar surface area (TPSA) is 62.3 Å². The number of hydrogen-bond acceptors (Lipinski definition) is 4. The third kappa shape index (κ3) is 2.93. The van der Waals surface area contributed by atoms with Gasteiger partial charge in [-0.25, -0.2) is 4.98 Å². The number of pyridine rings is 1. The zero-order valence-electron chi connectivity index (χ0n) is 11.6. The minimum absolute atomic E-state index is 0.0139. The SMILES string of the molecule is CCC(CC)N1C(=O)CC(Nc2ccc(Cl)cn2)C1=O. The summed E-state index contributed by atoms with van der Waals surface area (Å²) in [6, 6.07) is 2.84. The summed E-state index contributed by atoms with van der Waals surface area (Å²) in [6.07, 6.45) is 3.24. The predicted octanol–water partition coefficient (Wildman–Crippen LogP) is 2.46. The van der Waals surface area contributed by atoms with Crippen LogP contribution in [-0.4, -0.2) is 33.8 Å². The molecule has 5 nitrogen and oxygen atoms in total. The van der Waals surface area contributed by atoms with Crippen LogP contribution < -0.4 is 5.32 Å². The molecule has 6 heteroatoms. The molecular weight excluding hydrogens is 278 g/mol. The van der Waals surface area contributed by atoms with E-state index >= 15 is 0 Å². The van der Waals surface area contributed by atoms with Crippen LogP contribution in [0.25, 0.3) is 0 Å². The standard InChI is InChI=1S/C14H18ClN3O2/c1-3-10(4-2)18-13(19)7-11(14(18)20)17-12-6-5-9(15)8-16-12/h5-6,8,10-11H,3-4,7H2,1-2H3,(H,16,17). The van der Waals surface area contributed by atoms with Crippen molar-refractivity contribution in [3.8, 4) is 0 Å². The summed E-state index contributed by atoms with van der Waals surface area (Å²) in [5, 5.41) is 3.53. The predicted molar refractivity (Wildman–Crippen MR) is 77.5 cm³/mol. The zero-order chi connectivity index (χ0) is 14.7. The van der Waals surface area contributed by atoms with E-state index in [2.05, 4.69) is 10.3 Å². The number of likely N-dealkylation sites (tertiary alicyclic amines) is 1. The number of hydrogen-bond donors (Lipinski definition) is 1. The minimum atomic E-state index is -0.531. The Morgan fingerprint density at radius 3 is 2.65 bits per heavy atom. The smallest absolute Gasteiger partial charge is 0.252 e. The molecule has 2 amide bonds. The lowest BCUT2D eigenvalue weighted by atomic mass is 10.1. The van der Waals surface area contributed by atoms with E-state index in [9.17, 15) is 9.59 Å². The van der Waals surface area contributed by atoms with E-state index in [1.165, 1.54) is 11.1 Å². The number of nitrogens with one attached hydrogen (secondary N) is 1. The Morgan fingerprint density at radius 1 is 1.40 bits per heavy atom. The molecule has 2 heterocycles. The van der Waals surface area contributed by atoms with E-state index in [1.54, 1.807) is 12.1 Å². The van der Waals surface area contributed by atoms with Gasteiger partial charge in [-0.2, -0.15) is 0 Å². The number of carbonyl (C=O) groups excluding carboxylic acids is 2. The van der Waals surface area contributed by atoms with Crippen molar-refractivity contribution in [1.82, 2.24) is 9.88 Å². The van der Waals surface area contributed by atoms with Crippen LogP contribution in [0.3, 0.4) is 0 Å². The van der Waals surface area contributed by atoms with Gasteiger partial charge in [-0.15, -0.1) is 0 Å². The maximum absolute atomic E-state index is 12.3. The average Bonchev–Trinajstić information content (AvgIpc) is 2.71. The van der Waals surface area contributed by atoms with Gasteiger partial charge < -0.3 is 5.32 Å². The molecule has 0 bridgehead atoms. The lowest BCUT2D eigenvalue weighted by molar-refractivity contribution is -0.141. The van der Waals surface area contributed by atoms with E-state index in [0.29, 0.717) is 10.8 Å². The van der Waals surface area contributed by atoms with Crippen molar-refractivity contribution in [1.29, 1.82) is 0 Å². The van der Waals surface area contributed by atoms with E-state index in [0.717, 1.165) is 12.8 Å². The maximum atomic E-state index is 12.3. The summed E-state index contributed by atoms with van der Waals surface area (Å²) in [6.45, 7) is 3.96. The molecule has 0 aliphatic carbocycles. The molecule has 108 valence electrons. The van der Waals surface area contributed by atoms with Crippen molar-refractivity contribution in [2.45, 2.75) is 45.2 Å². The van der Waals surface area contributed by atoms with Gasteiger partial charge in [0.1, 0.15) is 11.9 Å². The van der Waals surface area contributed by atoms with Crippen LogP contribution in [0, 0.1) is 0 Å². The normalized spacial score (nSPS) is 19.0. The molecule has 2 rings (SSSR count). The van der Waals surface area contributed by atoms with Gasteiger partial charge in [0.2, 0.25) is 5.91 Å². The molecule has 0 aromatic carbocycles. The van der Waals surface area contributed by atoms with Gasteiger partial charge in [-0.05, 0) is 25.0 Å². The maximum Gasteiger partial charge on any atom is 0.252 e. The molecule has 1 saturated heterocycles. The van der Waals surface area contributed by atoms with E-state index in [1.807, 2.05) is 13.8 Å². The number of aromatic nitrogens is 1. The van der Waals surface area contributed by atoms with Crippen molar-refractivity contribution in [2.75, 3.05) is 5.32 Å². The Morgan fingerprint density at radius 2 is 2.10 bits per heavy atom. The molecule has 1 N–H and O–H groups in total. The highest BCUT2D eigenvalue weighted by atomic mass is 35.5. The summed E-state index contributed by atoms with van der Waals surface area (Å²) in [7, 11) is 0. The molecule has 1 aromatic heterocycles. The third-order valence-electron chi connectivity index (χ3n) is 3.54. The lowest BCUT2D eigenvalue weighted by Crippen LogP contribution is -2.41. The molecule has 1 aromatic rings. The largest absolute Gasteiger partial charge is 0.358 e. The monoisotopic (exact) mass is 295 g/mol. The van der Waals surface area contributed by atoms with E-state index < -0.39 is 6.04 Å². The fourth-order valence-corrected chi connectivity index (χ4v) is 2.55. The molecule has 1 aliphatic rings. The summed E-state index contributed by atoms with van der Waals surface area (Å²) >= 11 is 5.76. The minimum Gasteiger partial charge on any atom is -0.358 e. The highest BCUT2D eigenvalue weighted by Gasteiger charge is 2.41. The van der Waals surface area contributed by atoms with Crippen LogP contribution in [0.5, 0.6) is 0 Å². The van der Waals surface area contributed by atoms with Crippen molar-refractivity contribution in [3.05, 3.63) is 23.4 Å². The van der Waals surface area contributed by atoms with E-state index in [4.69, 9.17) is 11.6 Å². The quantitative estimate of drug-likeness (QED) is 0.848. The third-order valence-corrected chi connectivity index (χ3v) is 3.76. The van der Waals surface area contributed by atoms with Gasteiger partial charge in [-0.1, -0.05) is 25.4 Å². The molecule has 1 unspecified atom stereocenters. The first-order chi connectivity index (χ1) is 9.56. The van der Waals surface area contributed by atoms with E-state index in [-0.39, 0.29) is 24.3 Å². The number of imide groups is 1. The van der Waals surface area contributed by atoms with Crippen molar-refractivity contribution < 1.29 is 9.59 Å². The number of halogens is 1. The molecule has 1 atom stereocenters. The van der Waals surface area contributed by atoms with Gasteiger partial charge in [0.05, 0.1) is 11.4 Å². The van der Waals surface area contributed by atoms with Gasteiger partial charge in [0.15, 0.2) is 0 Å². The fourth-order valence-electron chi connectivity index (χ4n) is 2.44. The van der Waals surface area contributed by atoms with Gasteiger partial charge >= 0.3 is 0 Å². The summed E-state index contributed by atoms with van der Waals surface area (Å²) in [5.74, 6) is 0.266. The van der Waals surface area contributed by atoms with Crippen LogP contribution in [0.4, 0.5) is 5.82 Å². The summed E-state index contributed by atoms with van der Waals surface area (Å²) in [5.41, 5.74) is 0. The lowest BCUT2D eigenvalue weighted by Gasteiger charge is -2.24. The number of carbonyl (C=O) groups is 2. The van der Waals surface area contributed by atoms with Crippen LogP contribution in [0.15, 0.2) is 18.3 Å². The first-order valence-electron chi connectivity index (χ1n) is 6.80. The Labute approximate surface area is 123 Å². The first-order valence-corrected chi connectivity index (χ1v) is 7.18.